The van der Waals surface area contributed by atoms with E-state index in [9.17, 15) is 9.59 Å². The highest BCUT2D eigenvalue weighted by Crippen LogP contribution is 2.17. The molecule has 0 aliphatic heterocycles. The van der Waals surface area contributed by atoms with Crippen molar-refractivity contribution < 1.29 is 14.7 Å². The first-order valence-electron chi connectivity index (χ1n) is 6.01. The minimum atomic E-state index is -1.15. The highest BCUT2D eigenvalue weighted by molar-refractivity contribution is 5.86. The monoisotopic (exact) mass is 244 g/mol. The molecular weight excluding hydrogens is 220 g/mol. The average molecular weight is 244 g/mol. The number of aliphatic carboxylic acids is 1. The number of carbonyl (C=O) groups excluding carboxylic acids is 1. The average Bonchev–Trinajstić information content (AvgIpc) is 2.26. The van der Waals surface area contributed by atoms with E-state index in [0.717, 1.165) is 0 Å². The summed E-state index contributed by atoms with van der Waals surface area (Å²) >= 11 is 0. The minimum Gasteiger partial charge on any atom is -0.480 e. The van der Waals surface area contributed by atoms with Crippen molar-refractivity contribution >= 4 is 11.9 Å². The van der Waals surface area contributed by atoms with E-state index in [2.05, 4.69) is 0 Å². The van der Waals surface area contributed by atoms with Crippen LogP contribution in [0.2, 0.25) is 0 Å². The molecule has 0 aliphatic rings. The minimum absolute atomic E-state index is 0.125. The summed E-state index contributed by atoms with van der Waals surface area (Å²) in [6.45, 7) is 7.80. The van der Waals surface area contributed by atoms with E-state index in [-0.39, 0.29) is 11.8 Å². The molecule has 0 aliphatic carbocycles. The molecule has 0 aromatic heterocycles. The molecule has 100 valence electrons. The molecule has 5 nitrogen and oxygen atoms in total. The Morgan fingerprint density at radius 1 is 1.41 bits per heavy atom. The fourth-order valence-electron chi connectivity index (χ4n) is 1.62. The van der Waals surface area contributed by atoms with Gasteiger partial charge in [0, 0.05) is 13.0 Å². The Labute approximate surface area is 103 Å². The van der Waals surface area contributed by atoms with Crippen molar-refractivity contribution in [3.63, 3.8) is 0 Å². The largest absolute Gasteiger partial charge is 0.480 e. The Morgan fingerprint density at radius 2 is 1.94 bits per heavy atom. The van der Waals surface area contributed by atoms with Crippen molar-refractivity contribution in [1.29, 1.82) is 0 Å². The summed E-state index contributed by atoms with van der Waals surface area (Å²) in [5.41, 5.74) is 4.33. The first-order valence-corrected chi connectivity index (χ1v) is 6.01. The summed E-state index contributed by atoms with van der Waals surface area (Å²) < 4.78 is 0. The van der Waals surface area contributed by atoms with Gasteiger partial charge >= 0.3 is 5.97 Å². The van der Waals surface area contributed by atoms with Gasteiger partial charge < -0.3 is 15.7 Å². The third kappa shape index (κ3) is 4.34. The molecule has 0 saturated carbocycles. The molecule has 1 unspecified atom stereocenters. The highest BCUT2D eigenvalue weighted by atomic mass is 16.4. The number of nitrogens with zero attached hydrogens (tertiary/aromatic N) is 1. The third-order valence-corrected chi connectivity index (χ3v) is 3.07. The van der Waals surface area contributed by atoms with Crippen LogP contribution in [0.15, 0.2) is 0 Å². The summed E-state index contributed by atoms with van der Waals surface area (Å²) in [5, 5.41) is 9.10. The number of rotatable bonds is 7. The maximum Gasteiger partial charge on any atom is 0.329 e. The lowest BCUT2D eigenvalue weighted by Crippen LogP contribution is -2.52. The van der Waals surface area contributed by atoms with Crippen LogP contribution in [0.5, 0.6) is 0 Å². The van der Waals surface area contributed by atoms with Crippen LogP contribution in [-0.4, -0.2) is 40.5 Å². The Hall–Kier alpha value is -1.10. The molecule has 0 aromatic rings. The Balaban J connectivity index is 4.57. The molecule has 5 heteroatoms. The van der Waals surface area contributed by atoms with Crippen molar-refractivity contribution in [3.05, 3.63) is 0 Å². The van der Waals surface area contributed by atoms with Crippen LogP contribution in [0.1, 0.15) is 40.5 Å². The molecule has 0 fully saturated rings. The van der Waals surface area contributed by atoms with E-state index >= 15 is 0 Å². The van der Waals surface area contributed by atoms with Gasteiger partial charge in [-0.1, -0.05) is 6.92 Å². The van der Waals surface area contributed by atoms with Crippen LogP contribution in [0, 0.1) is 5.92 Å². The zero-order valence-corrected chi connectivity index (χ0v) is 11.2. The van der Waals surface area contributed by atoms with Gasteiger partial charge in [0.2, 0.25) is 5.91 Å². The predicted octanol–water partition coefficient (Wildman–Crippen LogP) is 1.07. The highest BCUT2D eigenvalue weighted by Gasteiger charge is 2.36. The summed E-state index contributed by atoms with van der Waals surface area (Å²) in [6, 6.07) is 0. The SMILES string of the molecule is CCN(C(=O)CCC(C)CN)C(C)(C)C(=O)O. The van der Waals surface area contributed by atoms with Gasteiger partial charge in [-0.25, -0.2) is 4.79 Å². The molecule has 0 rings (SSSR count). The molecule has 0 radical (unpaired) electrons. The Morgan fingerprint density at radius 3 is 2.29 bits per heavy atom. The van der Waals surface area contributed by atoms with Gasteiger partial charge in [0.1, 0.15) is 5.54 Å². The number of carbonyl (C=O) groups is 2. The summed E-state index contributed by atoms with van der Waals surface area (Å²) in [5.74, 6) is -0.828. The molecule has 3 N–H and O–H groups in total. The van der Waals surface area contributed by atoms with Gasteiger partial charge in [0.25, 0.3) is 0 Å². The summed E-state index contributed by atoms with van der Waals surface area (Å²) in [7, 11) is 0. The molecule has 0 heterocycles. The van der Waals surface area contributed by atoms with Crippen LogP contribution in [0.4, 0.5) is 0 Å². The van der Waals surface area contributed by atoms with Crippen LogP contribution in [0.25, 0.3) is 0 Å². The smallest absolute Gasteiger partial charge is 0.329 e. The maximum absolute atomic E-state index is 12.0. The number of amides is 1. The normalized spacial score (nSPS) is 13.2. The molecule has 17 heavy (non-hydrogen) atoms. The van der Waals surface area contributed by atoms with Gasteiger partial charge in [0.15, 0.2) is 0 Å². The molecule has 0 saturated heterocycles. The molecule has 0 spiro atoms. The molecule has 1 amide bonds. The number of carboxylic acids is 1. The van der Waals surface area contributed by atoms with Crippen LogP contribution in [0.3, 0.4) is 0 Å². The van der Waals surface area contributed by atoms with Gasteiger partial charge in [-0.05, 0) is 39.7 Å². The molecule has 1 atom stereocenters. The molecule has 0 bridgehead atoms. The number of carboxylic acid groups (broad SMARTS) is 1. The number of hydrogen-bond acceptors (Lipinski definition) is 3. The summed E-state index contributed by atoms with van der Waals surface area (Å²) in [6.07, 6.45) is 1.05. The van der Waals surface area contributed by atoms with E-state index in [4.69, 9.17) is 10.8 Å². The second-order valence-electron chi connectivity index (χ2n) is 4.88. The zero-order chi connectivity index (χ0) is 13.6. The first-order chi connectivity index (χ1) is 7.77. The lowest BCUT2D eigenvalue weighted by molar-refractivity contribution is -0.156. The Bertz CT molecular complexity index is 277. The van der Waals surface area contributed by atoms with Crippen molar-refractivity contribution in [1.82, 2.24) is 4.90 Å². The lowest BCUT2D eigenvalue weighted by Gasteiger charge is -2.34. The van der Waals surface area contributed by atoms with E-state index in [0.29, 0.717) is 25.9 Å². The van der Waals surface area contributed by atoms with Crippen molar-refractivity contribution in [2.45, 2.75) is 46.1 Å². The third-order valence-electron chi connectivity index (χ3n) is 3.07. The molecule has 0 aromatic carbocycles. The van der Waals surface area contributed by atoms with Gasteiger partial charge in [0.05, 0.1) is 0 Å². The van der Waals surface area contributed by atoms with E-state index < -0.39 is 11.5 Å². The second kappa shape index (κ2) is 6.59. The van der Waals surface area contributed by atoms with Crippen LogP contribution < -0.4 is 5.73 Å². The van der Waals surface area contributed by atoms with Crippen LogP contribution in [-0.2, 0) is 9.59 Å². The first kappa shape index (κ1) is 15.9. The van der Waals surface area contributed by atoms with Gasteiger partial charge in [-0.15, -0.1) is 0 Å². The lowest BCUT2D eigenvalue weighted by atomic mass is 10.0. The van der Waals surface area contributed by atoms with Crippen molar-refractivity contribution in [3.8, 4) is 0 Å². The predicted molar refractivity (Wildman–Crippen MR) is 66.6 cm³/mol. The number of likely N-dealkylation sites (N-methyl/N-ethyl adjacent to an activating group) is 1. The summed E-state index contributed by atoms with van der Waals surface area (Å²) in [4.78, 5) is 24.5. The fraction of sp³-hybridized carbons (Fsp3) is 0.833. The van der Waals surface area contributed by atoms with Gasteiger partial charge in [-0.3, -0.25) is 4.79 Å². The molecular formula is C12H24N2O3. The van der Waals surface area contributed by atoms with Gasteiger partial charge in [-0.2, -0.15) is 0 Å². The van der Waals surface area contributed by atoms with E-state index in [1.165, 1.54) is 4.90 Å². The topological polar surface area (TPSA) is 83.6 Å². The van der Waals surface area contributed by atoms with E-state index in [1.54, 1.807) is 20.8 Å². The second-order valence-corrected chi connectivity index (χ2v) is 4.88. The number of nitrogens with two attached hydrogens (primary N) is 1. The van der Waals surface area contributed by atoms with Crippen molar-refractivity contribution in [2.75, 3.05) is 13.1 Å². The zero-order valence-electron chi connectivity index (χ0n) is 11.2. The fourth-order valence-corrected chi connectivity index (χ4v) is 1.62. The van der Waals surface area contributed by atoms with Crippen molar-refractivity contribution in [2.24, 2.45) is 11.7 Å². The van der Waals surface area contributed by atoms with Crippen LogP contribution >= 0.6 is 0 Å². The standard InChI is InChI=1S/C12H24N2O3/c1-5-14(12(3,4)11(16)17)10(15)7-6-9(2)8-13/h9H,5-8,13H2,1-4H3,(H,16,17). The van der Waals surface area contributed by atoms with E-state index in [1.807, 2.05) is 6.92 Å². The maximum atomic E-state index is 12.0. The Kier molecular flexibility index (Phi) is 6.16. The number of hydrogen-bond donors (Lipinski definition) is 2. The quantitative estimate of drug-likeness (QED) is 0.701.